The molecule has 0 heterocycles. The fraction of sp³-hybridized carbons (Fsp3) is 0.250. The second-order valence-corrected chi connectivity index (χ2v) is 2.59. The van der Waals surface area contributed by atoms with Crippen LogP contribution in [0, 0.1) is 18.6 Å². The minimum absolute atomic E-state index is 0.141. The van der Waals surface area contributed by atoms with Gasteiger partial charge in [0.1, 0.15) is 0 Å². The van der Waals surface area contributed by atoms with Crippen LogP contribution >= 0.6 is 0 Å². The van der Waals surface area contributed by atoms with Gasteiger partial charge in [-0.1, -0.05) is 0 Å². The van der Waals surface area contributed by atoms with Crippen LogP contribution in [0.3, 0.4) is 0 Å². The van der Waals surface area contributed by atoms with E-state index in [1.807, 2.05) is 0 Å². The lowest BCUT2D eigenvalue weighted by atomic mass is 10.1. The van der Waals surface area contributed by atoms with Gasteiger partial charge < -0.3 is 0 Å². The molecule has 0 aliphatic heterocycles. The van der Waals surface area contributed by atoms with Crippen LogP contribution < -0.4 is 0 Å². The SMILES string of the molecule is Cc1cc(C(F)(F)F)cc(F)c1F. The van der Waals surface area contributed by atoms with Crippen molar-refractivity contribution in [2.24, 2.45) is 0 Å². The molecule has 13 heavy (non-hydrogen) atoms. The van der Waals surface area contributed by atoms with Crippen molar-refractivity contribution in [3.05, 3.63) is 34.9 Å². The molecule has 0 saturated carbocycles. The molecule has 5 heteroatoms. The first kappa shape index (κ1) is 9.95. The summed E-state index contributed by atoms with van der Waals surface area (Å²) in [6.07, 6.45) is -4.64. The molecule has 1 rings (SSSR count). The Kier molecular flexibility index (Phi) is 2.28. The number of halogens is 5. The maximum absolute atomic E-state index is 12.6. The second kappa shape index (κ2) is 2.97. The molecule has 0 spiro atoms. The fourth-order valence-electron chi connectivity index (χ4n) is 0.890. The minimum Gasteiger partial charge on any atom is -0.204 e. The number of benzene rings is 1. The van der Waals surface area contributed by atoms with E-state index in [0.717, 1.165) is 6.92 Å². The summed E-state index contributed by atoms with van der Waals surface area (Å²) in [5.41, 5.74) is -1.53. The quantitative estimate of drug-likeness (QED) is 0.558. The van der Waals surface area contributed by atoms with Gasteiger partial charge in [-0.15, -0.1) is 0 Å². The number of hydrogen-bond donors (Lipinski definition) is 0. The highest BCUT2D eigenvalue weighted by Crippen LogP contribution is 2.31. The third kappa shape index (κ3) is 1.96. The van der Waals surface area contributed by atoms with Crippen molar-refractivity contribution in [1.82, 2.24) is 0 Å². The van der Waals surface area contributed by atoms with E-state index in [4.69, 9.17) is 0 Å². The molecule has 0 unspecified atom stereocenters. The van der Waals surface area contributed by atoms with Gasteiger partial charge in [0.2, 0.25) is 0 Å². The molecule has 0 atom stereocenters. The van der Waals surface area contributed by atoms with E-state index in [2.05, 4.69) is 0 Å². The van der Waals surface area contributed by atoms with E-state index < -0.39 is 23.4 Å². The average Bonchev–Trinajstić information content (AvgIpc) is 1.97. The Morgan fingerprint density at radius 1 is 1.08 bits per heavy atom. The molecule has 0 aliphatic carbocycles. The van der Waals surface area contributed by atoms with E-state index in [-0.39, 0.29) is 11.6 Å². The zero-order valence-corrected chi connectivity index (χ0v) is 6.54. The predicted molar refractivity (Wildman–Crippen MR) is 36.1 cm³/mol. The standard InChI is InChI=1S/C8H5F5/c1-4-2-5(8(11,12)13)3-6(9)7(4)10/h2-3H,1H3. The molecule has 0 radical (unpaired) electrons. The van der Waals surface area contributed by atoms with Gasteiger partial charge in [-0.05, 0) is 24.6 Å². The van der Waals surface area contributed by atoms with Crippen LogP contribution in [0.5, 0.6) is 0 Å². The monoisotopic (exact) mass is 196 g/mol. The molecule has 0 nitrogen and oxygen atoms in total. The molecule has 0 bridgehead atoms. The van der Waals surface area contributed by atoms with Crippen LogP contribution in [0.4, 0.5) is 22.0 Å². The van der Waals surface area contributed by atoms with Crippen molar-refractivity contribution >= 4 is 0 Å². The molecular formula is C8H5F5. The summed E-state index contributed by atoms with van der Waals surface area (Å²) in [5, 5.41) is 0. The second-order valence-electron chi connectivity index (χ2n) is 2.59. The molecule has 0 amide bonds. The van der Waals surface area contributed by atoms with Gasteiger partial charge in [-0.2, -0.15) is 13.2 Å². The summed E-state index contributed by atoms with van der Waals surface area (Å²) in [4.78, 5) is 0. The third-order valence-electron chi connectivity index (χ3n) is 1.54. The third-order valence-corrected chi connectivity index (χ3v) is 1.54. The van der Waals surface area contributed by atoms with Gasteiger partial charge in [0, 0.05) is 0 Å². The number of aryl methyl sites for hydroxylation is 1. The molecule has 0 N–H and O–H groups in total. The lowest BCUT2D eigenvalue weighted by Crippen LogP contribution is -2.07. The lowest BCUT2D eigenvalue weighted by molar-refractivity contribution is -0.137. The maximum atomic E-state index is 12.6. The minimum atomic E-state index is -4.64. The molecule has 1 aromatic carbocycles. The zero-order valence-electron chi connectivity index (χ0n) is 6.54. The molecule has 0 saturated heterocycles. The van der Waals surface area contributed by atoms with E-state index in [1.54, 1.807) is 0 Å². The Balaban J connectivity index is 3.29. The predicted octanol–water partition coefficient (Wildman–Crippen LogP) is 3.29. The summed E-state index contributed by atoms with van der Waals surface area (Å²) in [5.74, 6) is -2.72. The Hall–Kier alpha value is -1.13. The van der Waals surface area contributed by atoms with Crippen LogP contribution in [0.2, 0.25) is 0 Å². The Morgan fingerprint density at radius 2 is 1.62 bits per heavy atom. The molecule has 0 fully saturated rings. The zero-order chi connectivity index (χ0) is 10.2. The highest BCUT2D eigenvalue weighted by Gasteiger charge is 2.31. The number of rotatable bonds is 0. The van der Waals surface area contributed by atoms with Crippen LogP contribution in [0.25, 0.3) is 0 Å². The smallest absolute Gasteiger partial charge is 0.204 e. The van der Waals surface area contributed by atoms with Crippen LogP contribution in [0.1, 0.15) is 11.1 Å². The van der Waals surface area contributed by atoms with Crippen molar-refractivity contribution in [2.45, 2.75) is 13.1 Å². The van der Waals surface area contributed by atoms with Crippen LogP contribution in [0.15, 0.2) is 12.1 Å². The molecule has 0 aliphatic rings. The molecular weight excluding hydrogens is 191 g/mol. The van der Waals surface area contributed by atoms with E-state index in [0.29, 0.717) is 6.07 Å². The molecule has 0 aromatic heterocycles. The first-order chi connectivity index (χ1) is 5.82. The van der Waals surface area contributed by atoms with Crippen molar-refractivity contribution in [2.75, 3.05) is 0 Å². The summed E-state index contributed by atoms with van der Waals surface area (Å²) < 4.78 is 61.0. The fourth-order valence-corrected chi connectivity index (χ4v) is 0.890. The van der Waals surface area contributed by atoms with Gasteiger partial charge in [-0.3, -0.25) is 0 Å². The Bertz CT molecular complexity index is 303. The topological polar surface area (TPSA) is 0 Å². The lowest BCUT2D eigenvalue weighted by Gasteiger charge is -2.08. The van der Waals surface area contributed by atoms with Gasteiger partial charge in [0.15, 0.2) is 11.6 Å². The largest absolute Gasteiger partial charge is 0.416 e. The Morgan fingerprint density at radius 3 is 2.00 bits per heavy atom. The highest BCUT2D eigenvalue weighted by molar-refractivity contribution is 5.27. The number of hydrogen-bond acceptors (Lipinski definition) is 0. The van der Waals surface area contributed by atoms with E-state index in [9.17, 15) is 22.0 Å². The van der Waals surface area contributed by atoms with Crippen LogP contribution in [-0.4, -0.2) is 0 Å². The molecule has 1 aromatic rings. The Labute approximate surface area is 71.0 Å². The first-order valence-electron chi connectivity index (χ1n) is 3.35. The van der Waals surface area contributed by atoms with Crippen molar-refractivity contribution < 1.29 is 22.0 Å². The van der Waals surface area contributed by atoms with E-state index in [1.165, 1.54) is 0 Å². The van der Waals surface area contributed by atoms with Crippen molar-refractivity contribution in [3.8, 4) is 0 Å². The summed E-state index contributed by atoms with van der Waals surface area (Å²) in [7, 11) is 0. The number of alkyl halides is 3. The normalized spacial score (nSPS) is 11.8. The maximum Gasteiger partial charge on any atom is 0.416 e. The molecule has 72 valence electrons. The summed E-state index contributed by atoms with van der Waals surface area (Å²) in [6, 6.07) is 0.709. The van der Waals surface area contributed by atoms with Crippen molar-refractivity contribution in [1.29, 1.82) is 0 Å². The van der Waals surface area contributed by atoms with Crippen LogP contribution in [-0.2, 0) is 6.18 Å². The summed E-state index contributed by atoms with van der Waals surface area (Å²) >= 11 is 0. The van der Waals surface area contributed by atoms with Gasteiger partial charge in [0.05, 0.1) is 5.56 Å². The van der Waals surface area contributed by atoms with Gasteiger partial charge >= 0.3 is 6.18 Å². The highest BCUT2D eigenvalue weighted by atomic mass is 19.4. The average molecular weight is 196 g/mol. The van der Waals surface area contributed by atoms with Gasteiger partial charge in [-0.25, -0.2) is 8.78 Å². The van der Waals surface area contributed by atoms with Gasteiger partial charge in [0.25, 0.3) is 0 Å². The van der Waals surface area contributed by atoms with E-state index >= 15 is 0 Å². The van der Waals surface area contributed by atoms with Crippen molar-refractivity contribution in [3.63, 3.8) is 0 Å². The summed E-state index contributed by atoms with van der Waals surface area (Å²) in [6.45, 7) is 1.08. The first-order valence-corrected chi connectivity index (χ1v) is 3.35.